The fourth-order valence-electron chi connectivity index (χ4n) is 2.34. The van der Waals surface area contributed by atoms with E-state index in [1.165, 1.54) is 6.20 Å². The molecule has 1 heterocycles. The van der Waals surface area contributed by atoms with Crippen LogP contribution in [0.5, 0.6) is 0 Å². The third-order valence-corrected chi connectivity index (χ3v) is 4.99. The van der Waals surface area contributed by atoms with Gasteiger partial charge in [0.2, 0.25) is 10.0 Å². The highest BCUT2D eigenvalue weighted by Gasteiger charge is 2.34. The first-order valence-corrected chi connectivity index (χ1v) is 7.37. The molecule has 5 N–H and O–H groups in total. The number of aromatic nitrogens is 2. The molecule has 0 bridgehead atoms. The second kappa shape index (κ2) is 4.87. The first-order chi connectivity index (χ1) is 8.49. The van der Waals surface area contributed by atoms with Crippen molar-refractivity contribution in [1.82, 2.24) is 14.9 Å². The van der Waals surface area contributed by atoms with Crippen LogP contribution in [0.15, 0.2) is 11.1 Å². The molecule has 0 spiro atoms. The number of H-pyrrole nitrogens is 1. The SMILES string of the molecule is Nc1[nH]ncc1S(=O)(=O)NCC1(CO)CCCC1. The van der Waals surface area contributed by atoms with Crippen molar-refractivity contribution in [1.29, 1.82) is 0 Å². The average Bonchev–Trinajstić information content (AvgIpc) is 2.96. The van der Waals surface area contributed by atoms with E-state index in [0.717, 1.165) is 25.7 Å². The average molecular weight is 274 g/mol. The minimum Gasteiger partial charge on any atom is -0.396 e. The molecule has 18 heavy (non-hydrogen) atoms. The quantitative estimate of drug-likeness (QED) is 0.593. The van der Waals surface area contributed by atoms with Gasteiger partial charge in [-0.3, -0.25) is 5.10 Å². The van der Waals surface area contributed by atoms with Gasteiger partial charge in [-0.2, -0.15) is 5.10 Å². The lowest BCUT2D eigenvalue weighted by atomic mass is 9.88. The Kier molecular flexibility index (Phi) is 3.60. The Hall–Kier alpha value is -1.12. The Balaban J connectivity index is 2.08. The molecule has 102 valence electrons. The summed E-state index contributed by atoms with van der Waals surface area (Å²) in [5.41, 5.74) is 5.16. The molecule has 2 rings (SSSR count). The lowest BCUT2D eigenvalue weighted by Crippen LogP contribution is -2.38. The van der Waals surface area contributed by atoms with Gasteiger partial charge in [0.15, 0.2) is 0 Å². The molecule has 1 aromatic rings. The maximum absolute atomic E-state index is 12.0. The zero-order valence-corrected chi connectivity index (χ0v) is 10.8. The van der Waals surface area contributed by atoms with E-state index in [2.05, 4.69) is 14.9 Å². The number of rotatable bonds is 5. The monoisotopic (exact) mass is 274 g/mol. The lowest BCUT2D eigenvalue weighted by Gasteiger charge is -2.26. The highest BCUT2D eigenvalue weighted by Crippen LogP contribution is 2.37. The molecule has 0 aliphatic heterocycles. The van der Waals surface area contributed by atoms with Crippen LogP contribution >= 0.6 is 0 Å². The number of hydrogen-bond donors (Lipinski definition) is 4. The van der Waals surface area contributed by atoms with E-state index in [1.807, 2.05) is 0 Å². The summed E-state index contributed by atoms with van der Waals surface area (Å²) in [6.45, 7) is 0.229. The number of nitrogens with one attached hydrogen (secondary N) is 2. The molecule has 1 aliphatic rings. The second-order valence-corrected chi connectivity index (χ2v) is 6.57. The largest absolute Gasteiger partial charge is 0.396 e. The number of aliphatic hydroxyl groups excluding tert-OH is 1. The molecule has 0 saturated heterocycles. The summed E-state index contributed by atoms with van der Waals surface area (Å²) in [5.74, 6) is 0.0203. The number of hydrogen-bond acceptors (Lipinski definition) is 5. The molecule has 0 unspecified atom stereocenters. The summed E-state index contributed by atoms with van der Waals surface area (Å²) in [5, 5.41) is 15.4. The van der Waals surface area contributed by atoms with Crippen LogP contribution < -0.4 is 10.5 Å². The summed E-state index contributed by atoms with van der Waals surface area (Å²) in [4.78, 5) is -0.0476. The number of sulfonamides is 1. The predicted molar refractivity (Wildman–Crippen MR) is 66.2 cm³/mol. The van der Waals surface area contributed by atoms with Gasteiger partial charge in [0.25, 0.3) is 0 Å². The number of aromatic amines is 1. The molecular weight excluding hydrogens is 256 g/mol. The van der Waals surface area contributed by atoms with E-state index in [-0.39, 0.29) is 29.3 Å². The Morgan fingerprint density at radius 2 is 2.17 bits per heavy atom. The molecule has 0 aromatic carbocycles. The molecule has 7 nitrogen and oxygen atoms in total. The topological polar surface area (TPSA) is 121 Å². The van der Waals surface area contributed by atoms with Crippen LogP contribution in [0.3, 0.4) is 0 Å². The summed E-state index contributed by atoms with van der Waals surface area (Å²) < 4.78 is 26.5. The van der Waals surface area contributed by atoms with E-state index in [1.54, 1.807) is 0 Å². The maximum Gasteiger partial charge on any atom is 0.245 e. The van der Waals surface area contributed by atoms with E-state index in [4.69, 9.17) is 5.73 Å². The van der Waals surface area contributed by atoms with Crippen LogP contribution in [0.4, 0.5) is 5.82 Å². The second-order valence-electron chi connectivity index (χ2n) is 4.84. The van der Waals surface area contributed by atoms with E-state index in [0.29, 0.717) is 0 Å². The molecule has 1 fully saturated rings. The standard InChI is InChI=1S/C10H18N4O3S/c11-9-8(5-12-14-9)18(16,17)13-6-10(7-15)3-1-2-4-10/h5,13,15H,1-4,6-7H2,(H3,11,12,14). The summed E-state index contributed by atoms with van der Waals surface area (Å²) in [6, 6.07) is 0. The fourth-order valence-corrected chi connectivity index (χ4v) is 3.52. The molecule has 0 atom stereocenters. The Labute approximate surface area is 106 Å². The normalized spacial score (nSPS) is 19.2. The van der Waals surface area contributed by atoms with Crippen molar-refractivity contribution >= 4 is 15.8 Å². The Morgan fingerprint density at radius 3 is 2.67 bits per heavy atom. The van der Waals surface area contributed by atoms with Crippen LogP contribution in [0, 0.1) is 5.41 Å². The van der Waals surface area contributed by atoms with Gasteiger partial charge in [0.1, 0.15) is 10.7 Å². The van der Waals surface area contributed by atoms with Gasteiger partial charge in [-0.25, -0.2) is 13.1 Å². The maximum atomic E-state index is 12.0. The van der Waals surface area contributed by atoms with Gasteiger partial charge in [-0.15, -0.1) is 0 Å². The minimum atomic E-state index is -3.66. The Bertz CT molecular complexity index is 505. The van der Waals surface area contributed by atoms with E-state index in [9.17, 15) is 13.5 Å². The van der Waals surface area contributed by atoms with Crippen molar-refractivity contribution in [2.24, 2.45) is 5.41 Å². The van der Waals surface area contributed by atoms with Gasteiger partial charge in [0, 0.05) is 18.6 Å². The number of nitrogens with zero attached hydrogens (tertiary/aromatic N) is 1. The minimum absolute atomic E-state index is 0.00358. The molecule has 0 amide bonds. The Morgan fingerprint density at radius 1 is 1.50 bits per heavy atom. The summed E-state index contributed by atoms with van der Waals surface area (Å²) in [6.07, 6.45) is 4.91. The highest BCUT2D eigenvalue weighted by atomic mass is 32.2. The predicted octanol–water partition coefficient (Wildman–Crippen LogP) is -0.177. The third kappa shape index (κ3) is 2.50. The lowest BCUT2D eigenvalue weighted by molar-refractivity contribution is 0.134. The molecule has 0 radical (unpaired) electrons. The number of anilines is 1. The van der Waals surface area contributed by atoms with Crippen LogP contribution in [-0.4, -0.2) is 36.9 Å². The van der Waals surface area contributed by atoms with Gasteiger partial charge >= 0.3 is 0 Å². The summed E-state index contributed by atoms with van der Waals surface area (Å²) >= 11 is 0. The number of aliphatic hydroxyl groups is 1. The van der Waals surface area contributed by atoms with E-state index >= 15 is 0 Å². The molecule has 1 aliphatic carbocycles. The third-order valence-electron chi connectivity index (χ3n) is 3.56. The molecule has 1 saturated carbocycles. The van der Waals surface area contributed by atoms with Crippen molar-refractivity contribution in [3.63, 3.8) is 0 Å². The van der Waals surface area contributed by atoms with Crippen LogP contribution in [-0.2, 0) is 10.0 Å². The van der Waals surface area contributed by atoms with Crippen molar-refractivity contribution < 1.29 is 13.5 Å². The van der Waals surface area contributed by atoms with Crippen molar-refractivity contribution in [2.75, 3.05) is 18.9 Å². The van der Waals surface area contributed by atoms with Gasteiger partial charge in [-0.05, 0) is 12.8 Å². The fraction of sp³-hybridized carbons (Fsp3) is 0.700. The molecule has 1 aromatic heterocycles. The van der Waals surface area contributed by atoms with Gasteiger partial charge in [-0.1, -0.05) is 12.8 Å². The van der Waals surface area contributed by atoms with Crippen molar-refractivity contribution in [2.45, 2.75) is 30.6 Å². The highest BCUT2D eigenvalue weighted by molar-refractivity contribution is 7.89. The first kappa shape index (κ1) is 13.3. The van der Waals surface area contributed by atoms with Crippen LogP contribution in [0.1, 0.15) is 25.7 Å². The molecular formula is C10H18N4O3S. The zero-order valence-electron chi connectivity index (χ0n) is 10.0. The number of nitrogens with two attached hydrogens (primary N) is 1. The van der Waals surface area contributed by atoms with Gasteiger partial charge < -0.3 is 10.8 Å². The van der Waals surface area contributed by atoms with Crippen molar-refractivity contribution in [3.8, 4) is 0 Å². The van der Waals surface area contributed by atoms with Gasteiger partial charge in [0.05, 0.1) is 6.20 Å². The van der Waals surface area contributed by atoms with E-state index < -0.39 is 10.0 Å². The van der Waals surface area contributed by atoms with Crippen LogP contribution in [0.25, 0.3) is 0 Å². The van der Waals surface area contributed by atoms with Crippen LogP contribution in [0.2, 0.25) is 0 Å². The summed E-state index contributed by atoms with van der Waals surface area (Å²) in [7, 11) is -3.66. The number of nitrogen functional groups attached to an aromatic ring is 1. The zero-order chi connectivity index (χ0) is 13.2. The first-order valence-electron chi connectivity index (χ1n) is 5.88. The molecule has 8 heteroatoms. The van der Waals surface area contributed by atoms with Crippen molar-refractivity contribution in [3.05, 3.63) is 6.20 Å². The smallest absolute Gasteiger partial charge is 0.245 e.